The first-order valence-electron chi connectivity index (χ1n) is 10.4. The van der Waals surface area contributed by atoms with Crippen LogP contribution in [-0.2, 0) is 19.3 Å². The van der Waals surface area contributed by atoms with Gasteiger partial charge in [0.05, 0.1) is 17.0 Å². The van der Waals surface area contributed by atoms with Gasteiger partial charge in [0.25, 0.3) is 5.91 Å². The Morgan fingerprint density at radius 1 is 1.21 bits per heavy atom. The summed E-state index contributed by atoms with van der Waals surface area (Å²) in [6.07, 6.45) is -2.02. The fourth-order valence-electron chi connectivity index (χ4n) is 3.80. The molecule has 4 rings (SSSR count). The molecule has 10 nitrogen and oxygen atoms in total. The summed E-state index contributed by atoms with van der Waals surface area (Å²) in [6, 6.07) is 5.22. The second-order valence-corrected chi connectivity index (χ2v) is 7.99. The van der Waals surface area contributed by atoms with Crippen molar-refractivity contribution in [1.82, 2.24) is 24.7 Å². The number of carbonyl (C=O) groups is 1. The third-order valence-corrected chi connectivity index (χ3v) is 5.66. The maximum atomic E-state index is 13.1. The molecule has 3 aromatic rings. The van der Waals surface area contributed by atoms with Gasteiger partial charge in [0.1, 0.15) is 18.2 Å². The lowest BCUT2D eigenvalue weighted by atomic mass is 10.1. The Hall–Kier alpha value is -3.74. The van der Waals surface area contributed by atoms with E-state index < -0.39 is 16.7 Å². The first-order chi connectivity index (χ1) is 16.1. The van der Waals surface area contributed by atoms with Crippen LogP contribution in [0.3, 0.4) is 0 Å². The van der Waals surface area contributed by atoms with Crippen LogP contribution in [0.15, 0.2) is 41.2 Å². The molecular formula is C21H21F3N6O4. The highest BCUT2D eigenvalue weighted by Gasteiger charge is 2.31. The molecule has 1 amide bonds. The predicted octanol–water partition coefficient (Wildman–Crippen LogP) is 3.11. The van der Waals surface area contributed by atoms with E-state index in [2.05, 4.69) is 10.3 Å². The molecule has 1 saturated heterocycles. The van der Waals surface area contributed by atoms with Crippen LogP contribution in [-0.4, -0.2) is 61.7 Å². The van der Waals surface area contributed by atoms with Crippen molar-refractivity contribution in [3.63, 3.8) is 0 Å². The molecule has 0 aliphatic carbocycles. The van der Waals surface area contributed by atoms with E-state index in [0.29, 0.717) is 49.6 Å². The van der Waals surface area contributed by atoms with Crippen LogP contribution in [0.5, 0.6) is 0 Å². The summed E-state index contributed by atoms with van der Waals surface area (Å²) >= 11 is 0. The molecule has 13 heteroatoms. The molecule has 1 aliphatic rings. The highest BCUT2D eigenvalue weighted by molar-refractivity contribution is 5.94. The van der Waals surface area contributed by atoms with E-state index >= 15 is 0 Å². The van der Waals surface area contributed by atoms with Crippen molar-refractivity contribution in [1.29, 1.82) is 0 Å². The van der Waals surface area contributed by atoms with E-state index in [1.54, 1.807) is 17.9 Å². The van der Waals surface area contributed by atoms with E-state index in [4.69, 9.17) is 4.52 Å². The van der Waals surface area contributed by atoms with Crippen molar-refractivity contribution in [3.8, 4) is 0 Å². The van der Waals surface area contributed by atoms with Gasteiger partial charge in [-0.15, -0.1) is 0 Å². The number of nitrogens with zero attached hydrogens (tertiary/aromatic N) is 6. The number of carbonyl (C=O) groups excluding carboxylic acids is 1. The van der Waals surface area contributed by atoms with Crippen LogP contribution in [0, 0.1) is 17.0 Å². The molecule has 180 valence electrons. The number of nitro groups is 1. The lowest BCUT2D eigenvalue weighted by Crippen LogP contribution is -2.48. The SMILES string of the molecule is Cc1onc(C(=O)N2CCN(Cc3cccc(C(F)(F)F)c3)CC2)c1Cn1cc([N+](=O)[O-])cn1. The monoisotopic (exact) mass is 478 g/mol. The molecule has 1 fully saturated rings. The lowest BCUT2D eigenvalue weighted by molar-refractivity contribution is -0.385. The van der Waals surface area contributed by atoms with E-state index in [9.17, 15) is 28.1 Å². The highest BCUT2D eigenvalue weighted by Crippen LogP contribution is 2.30. The molecule has 0 atom stereocenters. The minimum absolute atomic E-state index is 0.0831. The normalized spacial score (nSPS) is 15.0. The molecule has 0 spiro atoms. The standard InChI is InChI=1S/C21H21F3N6O4/c1-14-18(13-29-12-17(10-25-29)30(32)33)19(26-34-14)20(31)28-7-5-27(6-8-28)11-15-3-2-4-16(9-15)21(22,23)24/h2-4,9-10,12H,5-8,11,13H2,1H3. The van der Waals surface area contributed by atoms with E-state index in [-0.39, 0.29) is 23.8 Å². The first-order valence-corrected chi connectivity index (χ1v) is 10.4. The molecule has 2 aromatic heterocycles. The Kier molecular flexibility index (Phi) is 6.37. The van der Waals surface area contributed by atoms with Gasteiger partial charge in [0.15, 0.2) is 5.69 Å². The Labute approximate surface area is 191 Å². The van der Waals surface area contributed by atoms with Gasteiger partial charge in [0, 0.05) is 38.3 Å². The zero-order valence-corrected chi connectivity index (χ0v) is 18.2. The molecular weight excluding hydrogens is 457 g/mol. The largest absolute Gasteiger partial charge is 0.416 e. The molecule has 0 radical (unpaired) electrons. The van der Waals surface area contributed by atoms with Crippen LogP contribution in [0.4, 0.5) is 18.9 Å². The average molecular weight is 478 g/mol. The summed E-state index contributed by atoms with van der Waals surface area (Å²) in [5, 5.41) is 18.7. The smallest absolute Gasteiger partial charge is 0.361 e. The molecule has 0 saturated carbocycles. The van der Waals surface area contributed by atoms with Crippen LogP contribution >= 0.6 is 0 Å². The molecule has 0 N–H and O–H groups in total. The minimum Gasteiger partial charge on any atom is -0.361 e. The minimum atomic E-state index is -4.39. The van der Waals surface area contributed by atoms with Crippen molar-refractivity contribution in [3.05, 3.63) is 74.9 Å². The maximum absolute atomic E-state index is 13.1. The van der Waals surface area contributed by atoms with Gasteiger partial charge in [-0.05, 0) is 18.6 Å². The Morgan fingerprint density at radius 3 is 2.59 bits per heavy atom. The number of hydrogen-bond acceptors (Lipinski definition) is 7. The number of amides is 1. The summed E-state index contributed by atoms with van der Waals surface area (Å²) < 4.78 is 45.4. The number of aryl methyl sites for hydroxylation is 1. The number of piperazine rings is 1. The van der Waals surface area contributed by atoms with E-state index in [0.717, 1.165) is 18.3 Å². The molecule has 0 bridgehead atoms. The number of aromatic nitrogens is 3. The third kappa shape index (κ3) is 5.09. The molecule has 3 heterocycles. The summed E-state index contributed by atoms with van der Waals surface area (Å²) in [6.45, 7) is 3.79. The zero-order valence-electron chi connectivity index (χ0n) is 18.2. The maximum Gasteiger partial charge on any atom is 0.416 e. The quantitative estimate of drug-likeness (QED) is 0.395. The number of rotatable bonds is 6. The second-order valence-electron chi connectivity index (χ2n) is 7.99. The van der Waals surface area contributed by atoms with Gasteiger partial charge >= 0.3 is 11.9 Å². The average Bonchev–Trinajstić information content (AvgIpc) is 3.41. The predicted molar refractivity (Wildman–Crippen MR) is 112 cm³/mol. The van der Waals surface area contributed by atoms with Crippen LogP contribution < -0.4 is 0 Å². The van der Waals surface area contributed by atoms with Crippen LogP contribution in [0.25, 0.3) is 0 Å². The molecule has 34 heavy (non-hydrogen) atoms. The summed E-state index contributed by atoms with van der Waals surface area (Å²) in [5.41, 5.74) is 0.294. The lowest BCUT2D eigenvalue weighted by Gasteiger charge is -2.34. The van der Waals surface area contributed by atoms with Gasteiger partial charge in [-0.1, -0.05) is 23.4 Å². The highest BCUT2D eigenvalue weighted by atomic mass is 19.4. The topological polar surface area (TPSA) is 111 Å². The van der Waals surface area contributed by atoms with Crippen molar-refractivity contribution >= 4 is 11.6 Å². The Balaban J connectivity index is 1.39. The number of hydrogen-bond donors (Lipinski definition) is 0. The molecule has 0 unspecified atom stereocenters. The van der Waals surface area contributed by atoms with E-state index in [1.807, 2.05) is 4.90 Å². The van der Waals surface area contributed by atoms with Gasteiger partial charge in [-0.3, -0.25) is 24.5 Å². The molecule has 1 aromatic carbocycles. The van der Waals surface area contributed by atoms with Crippen molar-refractivity contribution in [2.24, 2.45) is 0 Å². The van der Waals surface area contributed by atoms with Crippen LogP contribution in [0.1, 0.15) is 32.9 Å². The summed E-state index contributed by atoms with van der Waals surface area (Å²) in [4.78, 5) is 27.0. The fraction of sp³-hybridized carbons (Fsp3) is 0.381. The summed E-state index contributed by atoms with van der Waals surface area (Å²) in [5.74, 6) is 0.0666. The van der Waals surface area contributed by atoms with E-state index in [1.165, 1.54) is 16.9 Å². The Bertz CT molecular complexity index is 1200. The van der Waals surface area contributed by atoms with Crippen molar-refractivity contribution in [2.45, 2.75) is 26.2 Å². The number of benzene rings is 1. The number of halogens is 3. The van der Waals surface area contributed by atoms with Gasteiger partial charge < -0.3 is 9.42 Å². The van der Waals surface area contributed by atoms with Crippen LogP contribution in [0.2, 0.25) is 0 Å². The number of alkyl halides is 3. The van der Waals surface area contributed by atoms with Gasteiger partial charge in [0.2, 0.25) is 0 Å². The molecule has 1 aliphatic heterocycles. The fourth-order valence-corrected chi connectivity index (χ4v) is 3.80. The van der Waals surface area contributed by atoms with Crippen molar-refractivity contribution in [2.75, 3.05) is 26.2 Å². The van der Waals surface area contributed by atoms with Gasteiger partial charge in [-0.25, -0.2) is 0 Å². The van der Waals surface area contributed by atoms with Crippen molar-refractivity contribution < 1.29 is 27.4 Å². The second kappa shape index (κ2) is 9.25. The summed E-state index contributed by atoms with van der Waals surface area (Å²) in [7, 11) is 0. The first kappa shape index (κ1) is 23.4. The third-order valence-electron chi connectivity index (χ3n) is 5.66. The Morgan fingerprint density at radius 2 is 1.94 bits per heavy atom. The van der Waals surface area contributed by atoms with Gasteiger partial charge in [-0.2, -0.15) is 18.3 Å². The zero-order chi connectivity index (χ0) is 24.5.